The number of nitrogens with one attached hydrogen (secondary N) is 1. The SMILES string of the molecule is CC(C)(SCC(=O)Nc1ccc(C#N)cc1)C(=O)O. The van der Waals surface area contributed by atoms with Crippen LogP contribution >= 0.6 is 11.8 Å². The van der Waals surface area contributed by atoms with Crippen molar-refractivity contribution in [1.82, 2.24) is 0 Å². The van der Waals surface area contributed by atoms with Gasteiger partial charge in [0.05, 0.1) is 17.4 Å². The molecular weight excluding hydrogens is 264 g/mol. The topological polar surface area (TPSA) is 90.2 Å². The predicted molar refractivity (Wildman–Crippen MR) is 74.0 cm³/mol. The van der Waals surface area contributed by atoms with E-state index in [0.29, 0.717) is 11.3 Å². The summed E-state index contributed by atoms with van der Waals surface area (Å²) >= 11 is 1.06. The summed E-state index contributed by atoms with van der Waals surface area (Å²) in [6.45, 7) is 3.10. The van der Waals surface area contributed by atoms with Crippen LogP contribution < -0.4 is 5.32 Å². The summed E-state index contributed by atoms with van der Waals surface area (Å²) in [6, 6.07) is 8.44. The van der Waals surface area contributed by atoms with Crippen LogP contribution in [-0.4, -0.2) is 27.5 Å². The predicted octanol–water partition coefficient (Wildman–Crippen LogP) is 2.09. The van der Waals surface area contributed by atoms with E-state index in [1.54, 1.807) is 38.1 Å². The quantitative estimate of drug-likeness (QED) is 0.860. The molecular formula is C13H14N2O3S. The number of carbonyl (C=O) groups is 2. The molecule has 0 saturated carbocycles. The normalized spacial score (nSPS) is 10.6. The van der Waals surface area contributed by atoms with Crippen molar-refractivity contribution in [2.75, 3.05) is 11.1 Å². The van der Waals surface area contributed by atoms with Crippen molar-refractivity contribution >= 4 is 29.3 Å². The van der Waals surface area contributed by atoms with Gasteiger partial charge < -0.3 is 10.4 Å². The average Bonchev–Trinajstić information content (AvgIpc) is 2.37. The molecule has 0 spiro atoms. The van der Waals surface area contributed by atoms with Crippen LogP contribution in [0, 0.1) is 11.3 Å². The fourth-order valence-corrected chi connectivity index (χ4v) is 1.82. The Morgan fingerprint density at radius 2 is 1.95 bits per heavy atom. The minimum atomic E-state index is -0.998. The number of benzene rings is 1. The Balaban J connectivity index is 2.52. The third kappa shape index (κ3) is 4.64. The first-order valence-electron chi connectivity index (χ1n) is 5.52. The van der Waals surface area contributed by atoms with Gasteiger partial charge in [0.1, 0.15) is 4.75 Å². The molecule has 0 aliphatic rings. The van der Waals surface area contributed by atoms with Crippen LogP contribution in [0.25, 0.3) is 0 Å². The molecule has 0 aliphatic heterocycles. The van der Waals surface area contributed by atoms with Crippen molar-refractivity contribution in [2.24, 2.45) is 0 Å². The number of thioether (sulfide) groups is 1. The molecule has 0 saturated heterocycles. The number of nitriles is 1. The number of carboxylic acid groups (broad SMARTS) is 1. The van der Waals surface area contributed by atoms with E-state index in [1.165, 1.54) is 0 Å². The number of carbonyl (C=O) groups excluding carboxylic acids is 1. The molecule has 0 radical (unpaired) electrons. The summed E-state index contributed by atoms with van der Waals surface area (Å²) in [5, 5.41) is 20.2. The van der Waals surface area contributed by atoms with E-state index in [-0.39, 0.29) is 11.7 Å². The average molecular weight is 278 g/mol. The molecule has 0 unspecified atom stereocenters. The molecule has 0 bridgehead atoms. The molecule has 0 aliphatic carbocycles. The molecule has 1 rings (SSSR count). The molecule has 0 atom stereocenters. The van der Waals surface area contributed by atoms with Crippen molar-refractivity contribution in [1.29, 1.82) is 5.26 Å². The summed E-state index contributed by atoms with van der Waals surface area (Å²) in [5.41, 5.74) is 1.09. The molecule has 0 heterocycles. The lowest BCUT2D eigenvalue weighted by atomic mass is 10.2. The van der Waals surface area contributed by atoms with Crippen LogP contribution in [0.15, 0.2) is 24.3 Å². The highest BCUT2D eigenvalue weighted by Crippen LogP contribution is 2.24. The maximum absolute atomic E-state index is 11.6. The number of rotatable bonds is 5. The van der Waals surface area contributed by atoms with Gasteiger partial charge in [0.2, 0.25) is 5.91 Å². The highest BCUT2D eigenvalue weighted by Gasteiger charge is 2.28. The monoisotopic (exact) mass is 278 g/mol. The molecule has 100 valence electrons. The van der Waals surface area contributed by atoms with Gasteiger partial charge in [-0.15, -0.1) is 11.8 Å². The van der Waals surface area contributed by atoms with Gasteiger partial charge in [-0.05, 0) is 38.1 Å². The lowest BCUT2D eigenvalue weighted by Gasteiger charge is -2.17. The number of aliphatic carboxylic acids is 1. The van der Waals surface area contributed by atoms with Gasteiger partial charge in [-0.3, -0.25) is 9.59 Å². The minimum absolute atomic E-state index is 0.0549. The number of anilines is 1. The third-order valence-corrected chi connectivity index (χ3v) is 3.68. The first kappa shape index (κ1) is 15.1. The summed E-state index contributed by atoms with van der Waals surface area (Å²) in [6.07, 6.45) is 0. The first-order chi connectivity index (χ1) is 8.85. The summed E-state index contributed by atoms with van der Waals surface area (Å²) in [4.78, 5) is 22.5. The van der Waals surface area contributed by atoms with Gasteiger partial charge in [0.15, 0.2) is 0 Å². The molecule has 2 N–H and O–H groups in total. The van der Waals surface area contributed by atoms with Crippen LogP contribution in [0.3, 0.4) is 0 Å². The van der Waals surface area contributed by atoms with Crippen LogP contribution in [0.1, 0.15) is 19.4 Å². The molecule has 5 nitrogen and oxygen atoms in total. The zero-order valence-corrected chi connectivity index (χ0v) is 11.5. The Morgan fingerprint density at radius 1 is 1.37 bits per heavy atom. The fraction of sp³-hybridized carbons (Fsp3) is 0.308. The van der Waals surface area contributed by atoms with Crippen LogP contribution in [0.2, 0.25) is 0 Å². The van der Waals surface area contributed by atoms with E-state index < -0.39 is 10.7 Å². The first-order valence-corrected chi connectivity index (χ1v) is 6.51. The van der Waals surface area contributed by atoms with E-state index >= 15 is 0 Å². The summed E-state index contributed by atoms with van der Waals surface area (Å²) in [5.74, 6) is -1.17. The summed E-state index contributed by atoms with van der Waals surface area (Å²) in [7, 11) is 0. The van der Waals surface area contributed by atoms with Gasteiger partial charge >= 0.3 is 5.97 Å². The van der Waals surface area contributed by atoms with Crippen molar-refractivity contribution in [3.05, 3.63) is 29.8 Å². The number of carboxylic acids is 1. The number of hydrogen-bond donors (Lipinski definition) is 2. The maximum Gasteiger partial charge on any atom is 0.319 e. The van der Waals surface area contributed by atoms with E-state index in [9.17, 15) is 9.59 Å². The Hall–Kier alpha value is -2.00. The second kappa shape index (κ2) is 6.25. The molecule has 0 fully saturated rings. The van der Waals surface area contributed by atoms with Crippen molar-refractivity contribution in [2.45, 2.75) is 18.6 Å². The van der Waals surface area contributed by atoms with E-state index in [0.717, 1.165) is 11.8 Å². The van der Waals surface area contributed by atoms with Crippen molar-refractivity contribution in [3.8, 4) is 6.07 Å². The minimum Gasteiger partial charge on any atom is -0.480 e. The second-order valence-corrected chi connectivity index (χ2v) is 5.94. The maximum atomic E-state index is 11.6. The third-order valence-electron chi connectivity index (χ3n) is 2.38. The van der Waals surface area contributed by atoms with Crippen molar-refractivity contribution < 1.29 is 14.7 Å². The lowest BCUT2D eigenvalue weighted by Crippen LogP contribution is -2.29. The second-order valence-electron chi connectivity index (χ2n) is 4.34. The number of hydrogen-bond acceptors (Lipinski definition) is 4. The Labute approximate surface area is 115 Å². The van der Waals surface area contributed by atoms with E-state index in [2.05, 4.69) is 5.32 Å². The summed E-state index contributed by atoms with van der Waals surface area (Å²) < 4.78 is -0.998. The van der Waals surface area contributed by atoms with Gasteiger partial charge in [-0.1, -0.05) is 0 Å². The van der Waals surface area contributed by atoms with E-state index in [1.807, 2.05) is 6.07 Å². The Kier molecular flexibility index (Phi) is 4.95. The highest BCUT2D eigenvalue weighted by atomic mass is 32.2. The Morgan fingerprint density at radius 3 is 2.42 bits per heavy atom. The largest absolute Gasteiger partial charge is 0.480 e. The van der Waals surface area contributed by atoms with E-state index in [4.69, 9.17) is 10.4 Å². The lowest BCUT2D eigenvalue weighted by molar-refractivity contribution is -0.138. The molecule has 1 amide bonds. The van der Waals surface area contributed by atoms with Crippen LogP contribution in [0.5, 0.6) is 0 Å². The molecule has 1 aromatic rings. The standard InChI is InChI=1S/C13H14N2O3S/c1-13(2,12(17)18)19-8-11(16)15-10-5-3-9(7-14)4-6-10/h3-6H,8H2,1-2H3,(H,15,16)(H,17,18). The van der Waals surface area contributed by atoms with Crippen LogP contribution in [-0.2, 0) is 9.59 Å². The zero-order chi connectivity index (χ0) is 14.5. The molecule has 19 heavy (non-hydrogen) atoms. The Bertz CT molecular complexity index is 518. The van der Waals surface area contributed by atoms with Gasteiger partial charge in [0.25, 0.3) is 0 Å². The molecule has 0 aromatic heterocycles. The molecule has 1 aromatic carbocycles. The van der Waals surface area contributed by atoms with Crippen LogP contribution in [0.4, 0.5) is 5.69 Å². The van der Waals surface area contributed by atoms with Gasteiger partial charge in [0, 0.05) is 5.69 Å². The zero-order valence-electron chi connectivity index (χ0n) is 10.6. The van der Waals surface area contributed by atoms with Crippen molar-refractivity contribution in [3.63, 3.8) is 0 Å². The van der Waals surface area contributed by atoms with Gasteiger partial charge in [-0.2, -0.15) is 5.26 Å². The van der Waals surface area contributed by atoms with Gasteiger partial charge in [-0.25, -0.2) is 0 Å². The number of nitrogens with zero attached hydrogens (tertiary/aromatic N) is 1. The molecule has 6 heteroatoms. The smallest absolute Gasteiger partial charge is 0.319 e. The highest BCUT2D eigenvalue weighted by molar-refractivity contribution is 8.02. The number of amides is 1. The fourth-order valence-electron chi connectivity index (χ4n) is 1.13.